The van der Waals surface area contributed by atoms with Crippen LogP contribution in [-0.2, 0) is 11.8 Å². The van der Waals surface area contributed by atoms with Gasteiger partial charge in [0.05, 0.1) is 11.9 Å². The van der Waals surface area contributed by atoms with E-state index in [0.29, 0.717) is 11.6 Å². The van der Waals surface area contributed by atoms with Crippen molar-refractivity contribution in [2.45, 2.75) is 19.4 Å². The van der Waals surface area contributed by atoms with E-state index < -0.39 is 0 Å². The Morgan fingerprint density at radius 2 is 2.22 bits per heavy atom. The van der Waals surface area contributed by atoms with E-state index in [0.717, 1.165) is 17.7 Å². The van der Waals surface area contributed by atoms with E-state index >= 15 is 0 Å². The summed E-state index contributed by atoms with van der Waals surface area (Å²) in [5.41, 5.74) is 7.50. The first-order valence-electron chi connectivity index (χ1n) is 5.80. The predicted molar refractivity (Wildman–Crippen MR) is 68.7 cm³/mol. The molecule has 0 bridgehead atoms. The second kappa shape index (κ2) is 5.14. The lowest BCUT2D eigenvalue weighted by Crippen LogP contribution is -2.08. The van der Waals surface area contributed by atoms with E-state index in [1.165, 1.54) is 0 Å². The number of ether oxygens (including phenoxy) is 1. The second-order valence-corrected chi connectivity index (χ2v) is 4.07. The molecule has 0 amide bonds. The normalized spacial score (nSPS) is 12.6. The number of methoxy groups -OCH3 is 1. The predicted octanol–water partition coefficient (Wildman–Crippen LogP) is 1.56. The van der Waals surface area contributed by atoms with Crippen molar-refractivity contribution in [2.24, 2.45) is 7.05 Å². The van der Waals surface area contributed by atoms with Gasteiger partial charge in [-0.05, 0) is 6.42 Å². The third-order valence-corrected chi connectivity index (χ3v) is 2.71. The van der Waals surface area contributed by atoms with Crippen LogP contribution < -0.4 is 5.73 Å². The number of hydrogen-bond donors (Lipinski definition) is 1. The Labute approximate surface area is 106 Å². The molecule has 2 aromatic heterocycles. The van der Waals surface area contributed by atoms with Crippen molar-refractivity contribution in [1.29, 1.82) is 0 Å². The Bertz CT molecular complexity index is 533. The topological polar surface area (TPSA) is 78.9 Å². The van der Waals surface area contributed by atoms with Crippen molar-refractivity contribution in [3.8, 4) is 11.3 Å². The highest BCUT2D eigenvalue weighted by atomic mass is 16.5. The minimum Gasteiger partial charge on any atom is -0.384 e. The highest BCUT2D eigenvalue weighted by molar-refractivity contribution is 5.60. The quantitative estimate of drug-likeness (QED) is 0.886. The number of nitrogens with two attached hydrogens (primary N) is 1. The lowest BCUT2D eigenvalue weighted by atomic mass is 10.2. The van der Waals surface area contributed by atoms with Crippen LogP contribution in [0.15, 0.2) is 18.5 Å². The molecule has 0 aliphatic carbocycles. The molecule has 1 unspecified atom stereocenters. The average Bonchev–Trinajstić information content (AvgIpc) is 2.77. The zero-order chi connectivity index (χ0) is 13.1. The first-order chi connectivity index (χ1) is 8.63. The van der Waals surface area contributed by atoms with Gasteiger partial charge in [-0.25, -0.2) is 9.97 Å². The first kappa shape index (κ1) is 12.5. The molecule has 0 radical (unpaired) electrons. The Hall–Kier alpha value is -1.95. The van der Waals surface area contributed by atoms with Gasteiger partial charge in [-0.1, -0.05) is 6.92 Å². The Balaban J connectivity index is 2.43. The average molecular weight is 247 g/mol. The molecule has 0 aromatic carbocycles. The molecule has 2 rings (SSSR count). The van der Waals surface area contributed by atoms with Gasteiger partial charge in [-0.2, -0.15) is 5.10 Å². The van der Waals surface area contributed by atoms with Gasteiger partial charge in [0, 0.05) is 32.0 Å². The molecule has 1 atom stereocenters. The van der Waals surface area contributed by atoms with Gasteiger partial charge in [0.2, 0.25) is 0 Å². The first-order valence-corrected chi connectivity index (χ1v) is 5.80. The molecular weight excluding hydrogens is 230 g/mol. The molecular formula is C12H17N5O. The SMILES string of the molecule is CCC(OC)c1nc(N)cc(-c2cnn(C)c2)n1. The van der Waals surface area contributed by atoms with E-state index in [2.05, 4.69) is 15.1 Å². The number of nitrogen functional groups attached to an aromatic ring is 1. The molecule has 6 heteroatoms. The third kappa shape index (κ3) is 2.48. The molecule has 0 aliphatic heterocycles. The number of anilines is 1. The van der Waals surface area contributed by atoms with Crippen LogP contribution in [0.4, 0.5) is 5.82 Å². The maximum absolute atomic E-state index is 5.82. The molecule has 96 valence electrons. The Kier molecular flexibility index (Phi) is 3.57. The van der Waals surface area contributed by atoms with Gasteiger partial charge in [0.15, 0.2) is 5.82 Å². The summed E-state index contributed by atoms with van der Waals surface area (Å²) in [6.07, 6.45) is 4.30. The van der Waals surface area contributed by atoms with Gasteiger partial charge in [-0.3, -0.25) is 4.68 Å². The number of aryl methyl sites for hydroxylation is 1. The van der Waals surface area contributed by atoms with Gasteiger partial charge in [-0.15, -0.1) is 0 Å². The van der Waals surface area contributed by atoms with Crippen LogP contribution in [0.3, 0.4) is 0 Å². The Morgan fingerprint density at radius 1 is 1.44 bits per heavy atom. The summed E-state index contributed by atoms with van der Waals surface area (Å²) >= 11 is 0. The van der Waals surface area contributed by atoms with Crippen LogP contribution in [0.1, 0.15) is 25.3 Å². The van der Waals surface area contributed by atoms with Crippen LogP contribution in [0.25, 0.3) is 11.3 Å². The van der Waals surface area contributed by atoms with Gasteiger partial charge < -0.3 is 10.5 Å². The van der Waals surface area contributed by atoms with Crippen LogP contribution in [0, 0.1) is 0 Å². The lowest BCUT2D eigenvalue weighted by Gasteiger charge is -2.12. The number of nitrogens with zero attached hydrogens (tertiary/aromatic N) is 4. The summed E-state index contributed by atoms with van der Waals surface area (Å²) in [6.45, 7) is 2.02. The van der Waals surface area contributed by atoms with Crippen molar-refractivity contribution in [3.63, 3.8) is 0 Å². The molecule has 0 saturated heterocycles. The van der Waals surface area contributed by atoms with Gasteiger partial charge in [0.1, 0.15) is 11.9 Å². The summed E-state index contributed by atoms with van der Waals surface area (Å²) in [7, 11) is 3.50. The minimum atomic E-state index is -0.135. The van der Waals surface area contributed by atoms with E-state index in [4.69, 9.17) is 10.5 Å². The maximum atomic E-state index is 5.82. The molecule has 0 fully saturated rings. The van der Waals surface area contributed by atoms with E-state index in [9.17, 15) is 0 Å². The van der Waals surface area contributed by atoms with Crippen molar-refractivity contribution < 1.29 is 4.74 Å². The van der Waals surface area contributed by atoms with Gasteiger partial charge >= 0.3 is 0 Å². The Morgan fingerprint density at radius 3 is 2.78 bits per heavy atom. The van der Waals surface area contributed by atoms with Crippen LogP contribution in [0.5, 0.6) is 0 Å². The van der Waals surface area contributed by atoms with Crippen molar-refractivity contribution in [3.05, 3.63) is 24.3 Å². The van der Waals surface area contributed by atoms with Crippen molar-refractivity contribution >= 4 is 5.82 Å². The van der Waals surface area contributed by atoms with Crippen LogP contribution in [0.2, 0.25) is 0 Å². The highest BCUT2D eigenvalue weighted by Gasteiger charge is 2.14. The monoisotopic (exact) mass is 247 g/mol. The molecule has 0 aliphatic rings. The number of hydrogen-bond acceptors (Lipinski definition) is 5. The number of rotatable bonds is 4. The molecule has 0 spiro atoms. The zero-order valence-corrected chi connectivity index (χ0v) is 10.8. The van der Waals surface area contributed by atoms with Crippen molar-refractivity contribution in [2.75, 3.05) is 12.8 Å². The summed E-state index contributed by atoms with van der Waals surface area (Å²) < 4.78 is 7.06. The largest absolute Gasteiger partial charge is 0.384 e. The smallest absolute Gasteiger partial charge is 0.160 e. The molecule has 2 aromatic rings. The van der Waals surface area contributed by atoms with Gasteiger partial charge in [0.25, 0.3) is 0 Å². The van der Waals surface area contributed by atoms with E-state index in [1.807, 2.05) is 20.2 Å². The van der Waals surface area contributed by atoms with E-state index in [-0.39, 0.29) is 6.10 Å². The zero-order valence-electron chi connectivity index (χ0n) is 10.8. The summed E-state index contributed by atoms with van der Waals surface area (Å²) in [6, 6.07) is 1.74. The van der Waals surface area contributed by atoms with E-state index in [1.54, 1.807) is 24.1 Å². The molecule has 2 N–H and O–H groups in total. The van der Waals surface area contributed by atoms with Crippen LogP contribution in [-0.4, -0.2) is 26.9 Å². The fraction of sp³-hybridized carbons (Fsp3) is 0.417. The third-order valence-electron chi connectivity index (χ3n) is 2.71. The van der Waals surface area contributed by atoms with Crippen molar-refractivity contribution in [1.82, 2.24) is 19.7 Å². The molecule has 0 saturated carbocycles. The molecule has 18 heavy (non-hydrogen) atoms. The number of aromatic nitrogens is 4. The lowest BCUT2D eigenvalue weighted by molar-refractivity contribution is 0.0928. The summed E-state index contributed by atoms with van der Waals surface area (Å²) in [4.78, 5) is 8.71. The highest BCUT2D eigenvalue weighted by Crippen LogP contribution is 2.22. The summed E-state index contributed by atoms with van der Waals surface area (Å²) in [5.74, 6) is 1.05. The maximum Gasteiger partial charge on any atom is 0.160 e. The van der Waals surface area contributed by atoms with Crippen LogP contribution >= 0.6 is 0 Å². The standard InChI is InChI=1S/C12H17N5O/c1-4-10(18-3)12-15-9(5-11(13)16-12)8-6-14-17(2)7-8/h5-7,10H,4H2,1-3H3,(H2,13,15,16). The fourth-order valence-corrected chi connectivity index (χ4v) is 1.79. The minimum absolute atomic E-state index is 0.135. The second-order valence-electron chi connectivity index (χ2n) is 4.07. The molecule has 6 nitrogen and oxygen atoms in total. The molecule has 2 heterocycles. The fourth-order valence-electron chi connectivity index (χ4n) is 1.79. The summed E-state index contributed by atoms with van der Waals surface area (Å²) in [5, 5.41) is 4.12.